The van der Waals surface area contributed by atoms with Crippen LogP contribution in [0.4, 0.5) is 5.82 Å². The van der Waals surface area contributed by atoms with E-state index in [4.69, 9.17) is 9.73 Å². The molecule has 7 nitrogen and oxygen atoms in total. The van der Waals surface area contributed by atoms with Gasteiger partial charge in [-0.1, -0.05) is 0 Å². The highest BCUT2D eigenvalue weighted by Crippen LogP contribution is 2.10. The molecule has 1 atom stereocenters. The van der Waals surface area contributed by atoms with Gasteiger partial charge in [0.05, 0.1) is 19.8 Å². The average Bonchev–Trinajstić information content (AvgIpc) is 2.64. The number of rotatable bonds is 7. The largest absolute Gasteiger partial charge is 0.379 e. The molecule has 0 spiro atoms. The van der Waals surface area contributed by atoms with Gasteiger partial charge in [0.15, 0.2) is 5.96 Å². The summed E-state index contributed by atoms with van der Waals surface area (Å²) >= 11 is 0. The maximum atomic E-state index is 5.42. The lowest BCUT2D eigenvalue weighted by atomic mass is 10.2. The van der Waals surface area contributed by atoms with Crippen molar-refractivity contribution in [2.24, 2.45) is 4.99 Å². The van der Waals surface area contributed by atoms with Crippen molar-refractivity contribution >= 4 is 35.8 Å². The van der Waals surface area contributed by atoms with Crippen LogP contribution in [-0.4, -0.2) is 75.4 Å². The van der Waals surface area contributed by atoms with Gasteiger partial charge in [0, 0.05) is 52.5 Å². The van der Waals surface area contributed by atoms with Crippen molar-refractivity contribution in [1.82, 2.24) is 20.5 Å². The van der Waals surface area contributed by atoms with E-state index >= 15 is 0 Å². The molecule has 1 aromatic rings. The first-order chi connectivity index (χ1) is 12.1. The molecule has 0 aliphatic carbocycles. The zero-order valence-electron chi connectivity index (χ0n) is 16.4. The van der Waals surface area contributed by atoms with Crippen LogP contribution in [-0.2, 0) is 11.3 Å². The van der Waals surface area contributed by atoms with Crippen molar-refractivity contribution in [3.05, 3.63) is 23.9 Å². The fourth-order valence-electron chi connectivity index (χ4n) is 2.71. The Kier molecular flexibility index (Phi) is 10.8. The number of guanidine groups is 1. The number of anilines is 1. The summed E-state index contributed by atoms with van der Waals surface area (Å²) in [5.74, 6) is 1.80. The normalized spacial score (nSPS) is 16.5. The Bertz CT molecular complexity index is 548. The van der Waals surface area contributed by atoms with Gasteiger partial charge >= 0.3 is 0 Å². The number of aliphatic imine (C=N–C) groups is 1. The van der Waals surface area contributed by atoms with Crippen molar-refractivity contribution in [3.8, 4) is 0 Å². The average molecular weight is 476 g/mol. The fraction of sp³-hybridized carbons (Fsp3) is 0.667. The first-order valence-electron chi connectivity index (χ1n) is 9.06. The summed E-state index contributed by atoms with van der Waals surface area (Å²) in [5, 5.41) is 6.77. The number of nitrogens with one attached hydrogen (secondary N) is 2. The highest BCUT2D eigenvalue weighted by Gasteiger charge is 2.16. The SMILES string of the molecule is CCNC(=NCc1ccnc(N(C)C)c1)NCC(C)N1CCOCC1.I. The van der Waals surface area contributed by atoms with Crippen molar-refractivity contribution in [1.29, 1.82) is 0 Å². The Hall–Kier alpha value is -1.13. The number of pyridine rings is 1. The molecule has 0 bridgehead atoms. The lowest BCUT2D eigenvalue weighted by Crippen LogP contribution is -2.49. The number of aromatic nitrogens is 1. The van der Waals surface area contributed by atoms with Crippen LogP contribution in [0.3, 0.4) is 0 Å². The van der Waals surface area contributed by atoms with E-state index in [1.807, 2.05) is 31.3 Å². The van der Waals surface area contributed by atoms with Crippen LogP contribution >= 0.6 is 24.0 Å². The van der Waals surface area contributed by atoms with Gasteiger partial charge in [-0.3, -0.25) is 4.90 Å². The highest BCUT2D eigenvalue weighted by atomic mass is 127. The smallest absolute Gasteiger partial charge is 0.191 e. The number of halogens is 1. The molecule has 1 saturated heterocycles. The van der Waals surface area contributed by atoms with Crippen LogP contribution in [0.1, 0.15) is 19.4 Å². The zero-order chi connectivity index (χ0) is 18.1. The van der Waals surface area contributed by atoms with Crippen LogP contribution in [0.2, 0.25) is 0 Å². The van der Waals surface area contributed by atoms with Crippen LogP contribution in [0.5, 0.6) is 0 Å². The lowest BCUT2D eigenvalue weighted by molar-refractivity contribution is 0.0211. The Labute approximate surface area is 174 Å². The summed E-state index contributed by atoms with van der Waals surface area (Å²) in [6.07, 6.45) is 1.83. The summed E-state index contributed by atoms with van der Waals surface area (Å²) in [5.41, 5.74) is 1.15. The van der Waals surface area contributed by atoms with Crippen molar-refractivity contribution in [2.45, 2.75) is 26.4 Å². The van der Waals surface area contributed by atoms with E-state index < -0.39 is 0 Å². The van der Waals surface area contributed by atoms with Gasteiger partial charge in [-0.25, -0.2) is 9.98 Å². The summed E-state index contributed by atoms with van der Waals surface area (Å²) in [7, 11) is 3.99. The maximum absolute atomic E-state index is 5.42. The van der Waals surface area contributed by atoms with Gasteiger partial charge in [-0.05, 0) is 31.5 Å². The topological polar surface area (TPSA) is 65.0 Å². The molecule has 0 saturated carbocycles. The van der Waals surface area contributed by atoms with E-state index in [0.717, 1.165) is 56.7 Å². The third kappa shape index (κ3) is 7.63. The molecule has 1 unspecified atom stereocenters. The number of ether oxygens (including phenoxy) is 1. The quantitative estimate of drug-likeness (QED) is 0.354. The first-order valence-corrected chi connectivity index (χ1v) is 9.06. The number of morpholine rings is 1. The Balaban J connectivity index is 0.00000338. The standard InChI is InChI=1S/C18H32N6O.HI/c1-5-19-18(21-13-15(2)24-8-10-25-11-9-24)22-14-16-6-7-20-17(12-16)23(3)4;/h6-7,12,15H,5,8-11,13-14H2,1-4H3,(H2,19,21,22);1H. The second kappa shape index (κ2) is 12.3. The molecular formula is C18H33IN6O. The highest BCUT2D eigenvalue weighted by molar-refractivity contribution is 14.0. The van der Waals surface area contributed by atoms with Crippen LogP contribution in [0.15, 0.2) is 23.3 Å². The molecule has 1 aliphatic heterocycles. The molecule has 0 radical (unpaired) electrons. The monoisotopic (exact) mass is 476 g/mol. The molecule has 2 N–H and O–H groups in total. The third-order valence-electron chi connectivity index (χ3n) is 4.27. The van der Waals surface area contributed by atoms with E-state index in [-0.39, 0.29) is 24.0 Å². The first kappa shape index (κ1) is 22.9. The van der Waals surface area contributed by atoms with E-state index in [1.165, 1.54) is 0 Å². The second-order valence-corrected chi connectivity index (χ2v) is 6.49. The second-order valence-electron chi connectivity index (χ2n) is 6.49. The van der Waals surface area contributed by atoms with Crippen LogP contribution < -0.4 is 15.5 Å². The van der Waals surface area contributed by atoms with E-state index in [9.17, 15) is 0 Å². The summed E-state index contributed by atoms with van der Waals surface area (Å²) in [6.45, 7) is 10.3. The minimum atomic E-state index is 0. The summed E-state index contributed by atoms with van der Waals surface area (Å²) in [4.78, 5) is 13.5. The van der Waals surface area contributed by atoms with E-state index in [1.54, 1.807) is 0 Å². The van der Waals surface area contributed by atoms with Crippen LogP contribution in [0.25, 0.3) is 0 Å². The predicted molar refractivity (Wildman–Crippen MR) is 119 cm³/mol. The zero-order valence-corrected chi connectivity index (χ0v) is 18.7. The van der Waals surface area contributed by atoms with Gasteiger partial charge < -0.3 is 20.3 Å². The maximum Gasteiger partial charge on any atom is 0.191 e. The van der Waals surface area contributed by atoms with Gasteiger partial charge in [0.2, 0.25) is 0 Å². The molecule has 0 aromatic carbocycles. The lowest BCUT2D eigenvalue weighted by Gasteiger charge is -2.32. The Morgan fingerprint density at radius 2 is 2.08 bits per heavy atom. The minimum absolute atomic E-state index is 0. The molecule has 1 fully saturated rings. The Morgan fingerprint density at radius 1 is 1.35 bits per heavy atom. The van der Waals surface area contributed by atoms with Crippen molar-refractivity contribution < 1.29 is 4.74 Å². The van der Waals surface area contributed by atoms with Crippen molar-refractivity contribution in [2.75, 3.05) is 58.4 Å². The molecule has 2 heterocycles. The van der Waals surface area contributed by atoms with Crippen molar-refractivity contribution in [3.63, 3.8) is 0 Å². The molecule has 0 amide bonds. The molecular weight excluding hydrogens is 443 g/mol. The number of hydrogen-bond donors (Lipinski definition) is 2. The van der Waals surface area contributed by atoms with Gasteiger partial charge in [0.25, 0.3) is 0 Å². The van der Waals surface area contributed by atoms with Gasteiger partial charge in [0.1, 0.15) is 5.82 Å². The summed E-state index contributed by atoms with van der Waals surface area (Å²) < 4.78 is 5.42. The number of hydrogen-bond acceptors (Lipinski definition) is 5. The van der Waals surface area contributed by atoms with Gasteiger partial charge in [-0.15, -0.1) is 24.0 Å². The molecule has 2 rings (SSSR count). The third-order valence-corrected chi connectivity index (χ3v) is 4.27. The molecule has 1 aromatic heterocycles. The molecule has 8 heteroatoms. The fourth-order valence-corrected chi connectivity index (χ4v) is 2.71. The van der Waals surface area contributed by atoms with Crippen LogP contribution in [0, 0.1) is 0 Å². The summed E-state index contributed by atoms with van der Waals surface area (Å²) in [6, 6.07) is 4.54. The molecule has 1 aliphatic rings. The van der Waals surface area contributed by atoms with Gasteiger partial charge in [-0.2, -0.15) is 0 Å². The van der Waals surface area contributed by atoms with E-state index in [0.29, 0.717) is 12.6 Å². The molecule has 26 heavy (non-hydrogen) atoms. The Morgan fingerprint density at radius 3 is 2.73 bits per heavy atom. The predicted octanol–water partition coefficient (Wildman–Crippen LogP) is 1.54. The van der Waals surface area contributed by atoms with E-state index in [2.05, 4.69) is 40.4 Å². The molecule has 148 valence electrons. The minimum Gasteiger partial charge on any atom is -0.379 e. The number of nitrogens with zero attached hydrogens (tertiary/aromatic N) is 4.